The van der Waals surface area contributed by atoms with Gasteiger partial charge in [-0.15, -0.1) is 6.58 Å². The van der Waals surface area contributed by atoms with E-state index < -0.39 is 0 Å². The van der Waals surface area contributed by atoms with Crippen LogP contribution in [0.2, 0.25) is 0 Å². The van der Waals surface area contributed by atoms with E-state index in [9.17, 15) is 4.79 Å². The highest BCUT2D eigenvalue weighted by Gasteiger charge is 2.19. The van der Waals surface area contributed by atoms with Gasteiger partial charge in [-0.1, -0.05) is 18.2 Å². The zero-order chi connectivity index (χ0) is 11.4. The van der Waals surface area contributed by atoms with Crippen LogP contribution in [0.5, 0.6) is 0 Å². The average Bonchev–Trinajstić information content (AvgIpc) is 2.51. The summed E-state index contributed by atoms with van der Waals surface area (Å²) in [5.74, 6) is 0.117. The normalized spacial score (nSPS) is 14.6. The first kappa shape index (κ1) is 10.7. The Bertz CT molecular complexity index is 401. The van der Waals surface area contributed by atoms with Crippen LogP contribution in [0, 0.1) is 0 Å². The summed E-state index contributed by atoms with van der Waals surface area (Å²) in [5, 5.41) is 3.33. The Balaban J connectivity index is 2.32. The Kier molecular flexibility index (Phi) is 3.25. The van der Waals surface area contributed by atoms with Gasteiger partial charge in [0, 0.05) is 19.5 Å². The topological polar surface area (TPSA) is 32.3 Å². The average molecular weight is 216 g/mol. The van der Waals surface area contributed by atoms with E-state index in [4.69, 9.17) is 0 Å². The fourth-order valence-electron chi connectivity index (χ4n) is 1.93. The van der Waals surface area contributed by atoms with Crippen LogP contribution in [0.4, 0.5) is 11.4 Å². The molecule has 84 valence electrons. The smallest absolute Gasteiger partial charge is 0.230 e. The molecule has 0 aromatic heterocycles. The molecule has 1 N–H and O–H groups in total. The number of para-hydroxylation sites is 2. The number of hydrogen-bond donors (Lipinski definition) is 1. The van der Waals surface area contributed by atoms with Crippen LogP contribution in [0.15, 0.2) is 36.9 Å². The van der Waals surface area contributed by atoms with Crippen LogP contribution in [0.25, 0.3) is 0 Å². The Morgan fingerprint density at radius 1 is 1.50 bits per heavy atom. The number of hydrogen-bond acceptors (Lipinski definition) is 2. The molecule has 0 unspecified atom stereocenters. The molecule has 0 bridgehead atoms. The first-order valence-electron chi connectivity index (χ1n) is 5.57. The maximum absolute atomic E-state index is 11.9. The number of amides is 1. The maximum Gasteiger partial charge on any atom is 0.230 e. The van der Waals surface area contributed by atoms with E-state index >= 15 is 0 Å². The predicted molar refractivity (Wildman–Crippen MR) is 66.7 cm³/mol. The monoisotopic (exact) mass is 216 g/mol. The van der Waals surface area contributed by atoms with Gasteiger partial charge in [-0.25, -0.2) is 0 Å². The minimum absolute atomic E-state index is 0.117. The molecule has 0 atom stereocenters. The van der Waals surface area contributed by atoms with Crippen molar-refractivity contribution < 1.29 is 4.79 Å². The number of rotatable bonds is 2. The van der Waals surface area contributed by atoms with Gasteiger partial charge in [0.1, 0.15) is 0 Å². The van der Waals surface area contributed by atoms with Gasteiger partial charge in [0.2, 0.25) is 5.91 Å². The second kappa shape index (κ2) is 4.84. The quantitative estimate of drug-likeness (QED) is 0.770. The molecule has 2 rings (SSSR count). The number of carbonyl (C=O) groups excluding carboxylic acids is 1. The number of fused-ring (bicyclic) bond motifs is 1. The number of nitrogens with one attached hydrogen (secondary N) is 1. The molecule has 0 radical (unpaired) electrons. The fraction of sp³-hybridized carbons (Fsp3) is 0.308. The lowest BCUT2D eigenvalue weighted by Crippen LogP contribution is -2.30. The van der Waals surface area contributed by atoms with Crippen molar-refractivity contribution in [2.45, 2.75) is 12.8 Å². The lowest BCUT2D eigenvalue weighted by atomic mass is 10.2. The lowest BCUT2D eigenvalue weighted by Gasteiger charge is -2.21. The molecule has 0 aliphatic carbocycles. The second-order valence-electron chi connectivity index (χ2n) is 3.84. The van der Waals surface area contributed by atoms with E-state index in [2.05, 4.69) is 11.9 Å². The van der Waals surface area contributed by atoms with E-state index in [1.54, 1.807) is 6.08 Å². The SMILES string of the molecule is C=CCC(=O)N1CCCNc2ccccc21. The van der Waals surface area contributed by atoms with Crippen LogP contribution in [-0.2, 0) is 4.79 Å². The Labute approximate surface area is 95.8 Å². The highest BCUT2D eigenvalue weighted by molar-refractivity contribution is 5.97. The zero-order valence-corrected chi connectivity index (χ0v) is 9.28. The second-order valence-corrected chi connectivity index (χ2v) is 3.84. The van der Waals surface area contributed by atoms with Gasteiger partial charge < -0.3 is 10.2 Å². The first-order valence-corrected chi connectivity index (χ1v) is 5.57. The van der Waals surface area contributed by atoms with E-state index in [1.165, 1.54) is 0 Å². The molecular formula is C13H16N2O. The van der Waals surface area contributed by atoms with Crippen molar-refractivity contribution in [3.05, 3.63) is 36.9 Å². The third-order valence-electron chi connectivity index (χ3n) is 2.69. The van der Waals surface area contributed by atoms with Gasteiger partial charge in [0.15, 0.2) is 0 Å². The largest absolute Gasteiger partial charge is 0.383 e. The van der Waals surface area contributed by atoms with Crippen molar-refractivity contribution >= 4 is 17.3 Å². The number of benzene rings is 1. The van der Waals surface area contributed by atoms with E-state index in [0.29, 0.717) is 6.42 Å². The molecule has 1 aromatic carbocycles. The molecule has 1 heterocycles. The van der Waals surface area contributed by atoms with Gasteiger partial charge in [-0.2, -0.15) is 0 Å². The molecule has 0 saturated carbocycles. The van der Waals surface area contributed by atoms with Crippen LogP contribution < -0.4 is 10.2 Å². The summed E-state index contributed by atoms with van der Waals surface area (Å²) in [6, 6.07) is 7.93. The van der Waals surface area contributed by atoms with Gasteiger partial charge in [-0.3, -0.25) is 4.79 Å². The highest BCUT2D eigenvalue weighted by atomic mass is 16.2. The molecule has 0 spiro atoms. The zero-order valence-electron chi connectivity index (χ0n) is 9.28. The third kappa shape index (κ3) is 2.08. The Hall–Kier alpha value is -1.77. The first-order chi connectivity index (χ1) is 7.83. The molecule has 0 saturated heterocycles. The molecular weight excluding hydrogens is 200 g/mol. The molecule has 1 aliphatic rings. The van der Waals surface area contributed by atoms with Gasteiger partial charge in [0.25, 0.3) is 0 Å². The molecule has 3 heteroatoms. The minimum Gasteiger partial charge on any atom is -0.383 e. The molecule has 1 aliphatic heterocycles. The fourth-order valence-corrected chi connectivity index (χ4v) is 1.93. The number of anilines is 2. The van der Waals surface area contributed by atoms with E-state index in [-0.39, 0.29) is 5.91 Å². The van der Waals surface area contributed by atoms with Crippen molar-refractivity contribution in [1.29, 1.82) is 0 Å². The van der Waals surface area contributed by atoms with Gasteiger partial charge >= 0.3 is 0 Å². The molecule has 0 fully saturated rings. The van der Waals surface area contributed by atoms with Crippen molar-refractivity contribution in [3.63, 3.8) is 0 Å². The van der Waals surface area contributed by atoms with Crippen molar-refractivity contribution in [2.24, 2.45) is 0 Å². The van der Waals surface area contributed by atoms with Crippen LogP contribution >= 0.6 is 0 Å². The summed E-state index contributed by atoms with van der Waals surface area (Å²) in [6.07, 6.45) is 3.02. The summed E-state index contributed by atoms with van der Waals surface area (Å²) >= 11 is 0. The van der Waals surface area contributed by atoms with Crippen LogP contribution in [-0.4, -0.2) is 19.0 Å². The third-order valence-corrected chi connectivity index (χ3v) is 2.69. The summed E-state index contributed by atoms with van der Waals surface area (Å²) in [5.41, 5.74) is 2.02. The standard InChI is InChI=1S/C13H16N2O/c1-2-6-13(16)15-10-5-9-14-11-7-3-4-8-12(11)15/h2-4,7-8,14H,1,5-6,9-10H2. The summed E-state index contributed by atoms with van der Waals surface area (Å²) in [6.45, 7) is 5.30. The molecule has 3 nitrogen and oxygen atoms in total. The molecule has 1 amide bonds. The van der Waals surface area contributed by atoms with Crippen molar-refractivity contribution in [1.82, 2.24) is 0 Å². The lowest BCUT2D eigenvalue weighted by molar-refractivity contribution is -0.117. The summed E-state index contributed by atoms with van der Waals surface area (Å²) in [7, 11) is 0. The van der Waals surface area contributed by atoms with E-state index in [1.807, 2.05) is 29.2 Å². The Morgan fingerprint density at radius 3 is 3.12 bits per heavy atom. The van der Waals surface area contributed by atoms with Crippen molar-refractivity contribution in [3.8, 4) is 0 Å². The maximum atomic E-state index is 11.9. The minimum atomic E-state index is 0.117. The number of nitrogens with zero attached hydrogens (tertiary/aromatic N) is 1. The number of carbonyl (C=O) groups is 1. The van der Waals surface area contributed by atoms with Crippen LogP contribution in [0.1, 0.15) is 12.8 Å². The van der Waals surface area contributed by atoms with Crippen LogP contribution in [0.3, 0.4) is 0 Å². The van der Waals surface area contributed by atoms with Gasteiger partial charge in [-0.05, 0) is 18.6 Å². The summed E-state index contributed by atoms with van der Waals surface area (Å²) in [4.78, 5) is 13.8. The molecule has 16 heavy (non-hydrogen) atoms. The van der Waals surface area contributed by atoms with Crippen molar-refractivity contribution in [2.75, 3.05) is 23.3 Å². The van der Waals surface area contributed by atoms with E-state index in [0.717, 1.165) is 30.9 Å². The Morgan fingerprint density at radius 2 is 2.31 bits per heavy atom. The summed E-state index contributed by atoms with van der Waals surface area (Å²) < 4.78 is 0. The predicted octanol–water partition coefficient (Wildman–Crippen LogP) is 2.41. The molecule has 1 aromatic rings. The van der Waals surface area contributed by atoms with Gasteiger partial charge in [0.05, 0.1) is 11.4 Å². The highest BCUT2D eigenvalue weighted by Crippen LogP contribution is 2.28.